The molecular formula is C20H21ClF4N4O. The second-order valence-electron chi connectivity index (χ2n) is 7.70. The summed E-state index contributed by atoms with van der Waals surface area (Å²) >= 11 is 6.37. The lowest BCUT2D eigenvalue weighted by Gasteiger charge is -2.33. The van der Waals surface area contributed by atoms with Gasteiger partial charge in [-0.2, -0.15) is 18.3 Å². The number of carbonyl (C=O) groups is 1. The van der Waals surface area contributed by atoms with Crippen molar-refractivity contribution in [3.05, 3.63) is 46.4 Å². The SMILES string of the molecule is O=C(c1nn2c(c1Cl)N[C@H](c1ccc(F)cc1)C[C@H]2C(F)(F)F)N1CCCCCC1. The maximum absolute atomic E-state index is 13.8. The number of nitrogens with one attached hydrogen (secondary N) is 1. The molecule has 30 heavy (non-hydrogen) atoms. The van der Waals surface area contributed by atoms with E-state index in [0.29, 0.717) is 18.7 Å². The minimum atomic E-state index is -4.59. The van der Waals surface area contributed by atoms with Crippen molar-refractivity contribution in [3.8, 4) is 0 Å². The third kappa shape index (κ3) is 3.99. The smallest absolute Gasteiger partial charge is 0.362 e. The van der Waals surface area contributed by atoms with Crippen LogP contribution in [-0.2, 0) is 0 Å². The van der Waals surface area contributed by atoms with E-state index in [1.54, 1.807) is 4.90 Å². The molecule has 0 radical (unpaired) electrons. The van der Waals surface area contributed by atoms with Gasteiger partial charge in [-0.05, 0) is 30.5 Å². The van der Waals surface area contributed by atoms with Gasteiger partial charge in [0.2, 0.25) is 0 Å². The monoisotopic (exact) mass is 444 g/mol. The standard InChI is InChI=1S/C20H21ClF4N4O/c21-16-17(19(30)28-9-3-1-2-4-10-28)27-29-15(20(23,24)25)11-14(26-18(16)29)12-5-7-13(22)8-6-12/h5-8,14-15,26H,1-4,9-11H2/t14-,15-/m0/s1. The lowest BCUT2D eigenvalue weighted by Crippen LogP contribution is -2.36. The summed E-state index contributed by atoms with van der Waals surface area (Å²) in [5.41, 5.74) is 0.324. The number of amides is 1. The second-order valence-corrected chi connectivity index (χ2v) is 8.08. The minimum absolute atomic E-state index is 0.0438. The lowest BCUT2D eigenvalue weighted by molar-refractivity contribution is -0.173. The van der Waals surface area contributed by atoms with Crippen molar-refractivity contribution in [2.45, 2.75) is 50.4 Å². The van der Waals surface area contributed by atoms with Gasteiger partial charge in [0.05, 0.1) is 6.04 Å². The number of halogens is 5. The molecule has 162 valence electrons. The highest BCUT2D eigenvalue weighted by Crippen LogP contribution is 2.46. The van der Waals surface area contributed by atoms with Gasteiger partial charge in [0.1, 0.15) is 16.7 Å². The average molecular weight is 445 g/mol. The van der Waals surface area contributed by atoms with Crippen LogP contribution >= 0.6 is 11.6 Å². The fourth-order valence-corrected chi connectivity index (χ4v) is 4.32. The van der Waals surface area contributed by atoms with Crippen molar-refractivity contribution >= 4 is 23.3 Å². The molecule has 0 aliphatic carbocycles. The van der Waals surface area contributed by atoms with Crippen LogP contribution in [0.5, 0.6) is 0 Å². The molecule has 5 nitrogen and oxygen atoms in total. The molecule has 1 aromatic heterocycles. The number of carbonyl (C=O) groups excluding carboxylic acids is 1. The van der Waals surface area contributed by atoms with Gasteiger partial charge in [-0.25, -0.2) is 9.07 Å². The maximum atomic E-state index is 13.8. The molecule has 2 atom stereocenters. The summed E-state index contributed by atoms with van der Waals surface area (Å²) in [6.45, 7) is 1.07. The number of nitrogens with zero attached hydrogens (tertiary/aromatic N) is 3. The van der Waals surface area contributed by atoms with Gasteiger partial charge in [-0.3, -0.25) is 4.79 Å². The largest absolute Gasteiger partial charge is 0.410 e. The highest BCUT2D eigenvalue weighted by molar-refractivity contribution is 6.36. The fraction of sp³-hybridized carbons (Fsp3) is 0.500. The normalized spacial score (nSPS) is 22.2. The Bertz CT molecular complexity index is 920. The summed E-state index contributed by atoms with van der Waals surface area (Å²) in [5, 5.41) is 6.85. The molecule has 0 saturated carbocycles. The lowest BCUT2D eigenvalue weighted by atomic mass is 9.97. The number of benzene rings is 1. The van der Waals surface area contributed by atoms with E-state index in [0.717, 1.165) is 30.4 Å². The van der Waals surface area contributed by atoms with Crippen LogP contribution in [0.2, 0.25) is 5.02 Å². The first-order chi connectivity index (χ1) is 14.3. The van der Waals surface area contributed by atoms with E-state index in [1.807, 2.05) is 0 Å². The predicted molar refractivity (Wildman–Crippen MR) is 104 cm³/mol. The van der Waals surface area contributed by atoms with Crippen LogP contribution in [0.1, 0.15) is 60.2 Å². The maximum Gasteiger partial charge on any atom is 0.410 e. The molecule has 1 saturated heterocycles. The van der Waals surface area contributed by atoms with E-state index in [2.05, 4.69) is 10.4 Å². The Morgan fingerprint density at radius 1 is 1.10 bits per heavy atom. The van der Waals surface area contributed by atoms with E-state index in [9.17, 15) is 22.4 Å². The van der Waals surface area contributed by atoms with Crippen molar-refractivity contribution in [1.29, 1.82) is 0 Å². The molecule has 1 N–H and O–H groups in total. The zero-order valence-electron chi connectivity index (χ0n) is 16.1. The Kier molecular flexibility index (Phi) is 5.65. The highest BCUT2D eigenvalue weighted by atomic mass is 35.5. The molecule has 1 aromatic carbocycles. The first kappa shape index (κ1) is 21.0. The quantitative estimate of drug-likeness (QED) is 0.635. The van der Waals surface area contributed by atoms with Crippen molar-refractivity contribution in [3.63, 3.8) is 0 Å². The Labute approximate surface area is 176 Å². The minimum Gasteiger partial charge on any atom is -0.362 e. The second kappa shape index (κ2) is 8.09. The number of hydrogen-bond acceptors (Lipinski definition) is 3. The van der Waals surface area contributed by atoms with Crippen molar-refractivity contribution < 1.29 is 22.4 Å². The third-order valence-corrected chi connectivity index (χ3v) is 6.02. The first-order valence-corrected chi connectivity index (χ1v) is 10.3. The van der Waals surface area contributed by atoms with E-state index >= 15 is 0 Å². The highest BCUT2D eigenvalue weighted by Gasteiger charge is 2.48. The third-order valence-electron chi connectivity index (χ3n) is 5.66. The molecule has 0 unspecified atom stereocenters. The van der Waals surface area contributed by atoms with Gasteiger partial charge in [-0.1, -0.05) is 36.6 Å². The molecule has 1 amide bonds. The molecule has 1 fully saturated rings. The molecular weight excluding hydrogens is 424 g/mol. The van der Waals surface area contributed by atoms with E-state index < -0.39 is 30.0 Å². The number of anilines is 1. The topological polar surface area (TPSA) is 50.2 Å². The van der Waals surface area contributed by atoms with Crippen LogP contribution in [0.3, 0.4) is 0 Å². The summed E-state index contributed by atoms with van der Waals surface area (Å²) < 4.78 is 55.5. The Morgan fingerprint density at radius 2 is 1.73 bits per heavy atom. The van der Waals surface area contributed by atoms with Gasteiger partial charge >= 0.3 is 6.18 Å². The zero-order valence-corrected chi connectivity index (χ0v) is 16.8. The average Bonchev–Trinajstić information content (AvgIpc) is 2.88. The van der Waals surface area contributed by atoms with E-state index in [4.69, 9.17) is 11.6 Å². The van der Waals surface area contributed by atoms with Crippen molar-refractivity contribution in [1.82, 2.24) is 14.7 Å². The molecule has 0 bridgehead atoms. The van der Waals surface area contributed by atoms with Crippen LogP contribution in [0.15, 0.2) is 24.3 Å². The van der Waals surface area contributed by atoms with Crippen molar-refractivity contribution in [2.75, 3.05) is 18.4 Å². The van der Waals surface area contributed by atoms with Crippen LogP contribution < -0.4 is 5.32 Å². The summed E-state index contributed by atoms with van der Waals surface area (Å²) in [5.74, 6) is -0.974. The number of likely N-dealkylation sites (tertiary alicyclic amines) is 1. The summed E-state index contributed by atoms with van der Waals surface area (Å²) in [6, 6.07) is 2.56. The first-order valence-electron chi connectivity index (χ1n) is 9.91. The van der Waals surface area contributed by atoms with Gasteiger partial charge in [-0.15, -0.1) is 0 Å². The number of alkyl halides is 3. The molecule has 2 aliphatic rings. The molecule has 4 rings (SSSR count). The van der Waals surface area contributed by atoms with Crippen LogP contribution in [0, 0.1) is 5.82 Å². The number of aromatic nitrogens is 2. The van der Waals surface area contributed by atoms with Gasteiger partial charge < -0.3 is 10.2 Å². The van der Waals surface area contributed by atoms with Crippen LogP contribution in [-0.4, -0.2) is 39.9 Å². The van der Waals surface area contributed by atoms with Crippen LogP contribution in [0.25, 0.3) is 0 Å². The molecule has 2 aliphatic heterocycles. The predicted octanol–water partition coefficient (Wildman–Crippen LogP) is 5.35. The number of hydrogen-bond donors (Lipinski definition) is 1. The summed E-state index contributed by atoms with van der Waals surface area (Å²) in [7, 11) is 0. The molecule has 10 heteroatoms. The Balaban J connectivity index is 1.70. The van der Waals surface area contributed by atoms with Gasteiger partial charge in [0.25, 0.3) is 5.91 Å². The van der Waals surface area contributed by atoms with Crippen molar-refractivity contribution in [2.24, 2.45) is 0 Å². The molecule has 2 aromatic rings. The number of fused-ring (bicyclic) bond motifs is 1. The van der Waals surface area contributed by atoms with E-state index in [-0.39, 0.29) is 23.0 Å². The summed E-state index contributed by atoms with van der Waals surface area (Å²) in [4.78, 5) is 14.6. The Morgan fingerprint density at radius 3 is 2.33 bits per heavy atom. The molecule has 0 spiro atoms. The Hall–Kier alpha value is -2.29. The van der Waals surface area contributed by atoms with Crippen LogP contribution in [0.4, 0.5) is 23.4 Å². The van der Waals surface area contributed by atoms with Gasteiger partial charge in [0, 0.05) is 19.5 Å². The van der Waals surface area contributed by atoms with E-state index in [1.165, 1.54) is 24.3 Å². The zero-order chi connectivity index (χ0) is 21.5. The fourth-order valence-electron chi connectivity index (χ4n) is 4.06. The summed E-state index contributed by atoms with van der Waals surface area (Å²) in [6.07, 6.45) is -1.24. The number of rotatable bonds is 2. The molecule has 3 heterocycles. The van der Waals surface area contributed by atoms with Gasteiger partial charge in [0.15, 0.2) is 11.7 Å².